The van der Waals surface area contributed by atoms with Gasteiger partial charge in [0.2, 0.25) is 5.91 Å². The number of hydrogen-bond acceptors (Lipinski definition) is 5. The molecule has 0 radical (unpaired) electrons. The Morgan fingerprint density at radius 1 is 1.12 bits per heavy atom. The number of carbonyl (C=O) groups excluding carboxylic acids is 2. The summed E-state index contributed by atoms with van der Waals surface area (Å²) in [5.41, 5.74) is 6.91. The largest absolute Gasteiger partial charge is 0.459 e. The molecule has 1 aliphatic rings. The van der Waals surface area contributed by atoms with Crippen molar-refractivity contribution >= 4 is 17.5 Å². The van der Waals surface area contributed by atoms with Crippen LogP contribution in [0.5, 0.6) is 0 Å². The maximum Gasteiger partial charge on any atom is 0.291 e. The molecule has 3 rings (SSSR count). The van der Waals surface area contributed by atoms with Crippen LogP contribution >= 0.6 is 0 Å². The highest BCUT2D eigenvalue weighted by atomic mass is 16.5. The van der Waals surface area contributed by atoms with E-state index in [1.54, 1.807) is 24.3 Å². The van der Waals surface area contributed by atoms with E-state index in [1.165, 1.54) is 6.26 Å². The van der Waals surface area contributed by atoms with Gasteiger partial charge in [-0.15, -0.1) is 0 Å². The fourth-order valence-corrected chi connectivity index (χ4v) is 2.96. The standard InChI is InChI=1S/C19H23N3O4/c20-13-19(7-10-25-11-8-19)18(24)21-12-14-3-5-15(6-4-14)22-17(23)16-2-1-9-26-16/h1-6,9H,7-8,10-13,20H2,(H,21,24)(H,22,23). The summed E-state index contributed by atoms with van der Waals surface area (Å²) in [4.78, 5) is 24.5. The Balaban J connectivity index is 1.54. The molecule has 1 aromatic heterocycles. The molecule has 138 valence electrons. The van der Waals surface area contributed by atoms with E-state index in [9.17, 15) is 9.59 Å². The van der Waals surface area contributed by atoms with Crippen molar-refractivity contribution < 1.29 is 18.7 Å². The third kappa shape index (κ3) is 4.12. The molecule has 1 saturated heterocycles. The lowest BCUT2D eigenvalue weighted by molar-refractivity contribution is -0.136. The Morgan fingerprint density at radius 3 is 2.46 bits per heavy atom. The van der Waals surface area contributed by atoms with E-state index in [1.807, 2.05) is 12.1 Å². The number of ether oxygens (including phenoxy) is 1. The number of nitrogens with one attached hydrogen (secondary N) is 2. The summed E-state index contributed by atoms with van der Waals surface area (Å²) in [5, 5.41) is 5.72. The van der Waals surface area contributed by atoms with Crippen LogP contribution < -0.4 is 16.4 Å². The zero-order valence-corrected chi connectivity index (χ0v) is 14.5. The van der Waals surface area contributed by atoms with Gasteiger partial charge in [0.25, 0.3) is 5.91 Å². The van der Waals surface area contributed by atoms with Crippen molar-refractivity contribution in [3.8, 4) is 0 Å². The van der Waals surface area contributed by atoms with E-state index in [-0.39, 0.29) is 17.6 Å². The lowest BCUT2D eigenvalue weighted by atomic mass is 9.79. The molecule has 0 saturated carbocycles. The Morgan fingerprint density at radius 2 is 1.85 bits per heavy atom. The van der Waals surface area contributed by atoms with Gasteiger partial charge in [0.1, 0.15) is 0 Å². The first-order chi connectivity index (χ1) is 12.6. The molecule has 1 aliphatic heterocycles. The van der Waals surface area contributed by atoms with Crippen molar-refractivity contribution in [2.75, 3.05) is 25.1 Å². The number of benzene rings is 1. The predicted molar refractivity (Wildman–Crippen MR) is 96.5 cm³/mol. The second-order valence-corrected chi connectivity index (χ2v) is 6.41. The molecule has 0 aliphatic carbocycles. The van der Waals surface area contributed by atoms with Gasteiger partial charge in [-0.3, -0.25) is 9.59 Å². The number of rotatable bonds is 6. The summed E-state index contributed by atoms with van der Waals surface area (Å²) >= 11 is 0. The van der Waals surface area contributed by atoms with Gasteiger partial charge in [0, 0.05) is 32.0 Å². The van der Waals surface area contributed by atoms with E-state index in [2.05, 4.69) is 10.6 Å². The van der Waals surface area contributed by atoms with Gasteiger partial charge in [-0.05, 0) is 42.7 Å². The molecule has 7 nitrogen and oxygen atoms in total. The molecule has 26 heavy (non-hydrogen) atoms. The van der Waals surface area contributed by atoms with E-state index < -0.39 is 5.41 Å². The third-order valence-corrected chi connectivity index (χ3v) is 4.73. The zero-order valence-electron chi connectivity index (χ0n) is 14.5. The van der Waals surface area contributed by atoms with Crippen molar-refractivity contribution in [1.29, 1.82) is 0 Å². The lowest BCUT2D eigenvalue weighted by Crippen LogP contribution is -2.48. The van der Waals surface area contributed by atoms with Gasteiger partial charge in [0.15, 0.2) is 5.76 Å². The molecule has 0 spiro atoms. The molecular formula is C19H23N3O4. The van der Waals surface area contributed by atoms with Crippen LogP contribution in [-0.2, 0) is 16.1 Å². The molecule has 2 heterocycles. The quantitative estimate of drug-likeness (QED) is 0.732. The summed E-state index contributed by atoms with van der Waals surface area (Å²) in [6.45, 7) is 1.86. The van der Waals surface area contributed by atoms with Crippen molar-refractivity contribution in [3.63, 3.8) is 0 Å². The molecule has 0 bridgehead atoms. The summed E-state index contributed by atoms with van der Waals surface area (Å²) in [5.74, 6) is -0.0798. The molecule has 4 N–H and O–H groups in total. The Labute approximate surface area is 151 Å². The minimum Gasteiger partial charge on any atom is -0.459 e. The first-order valence-electron chi connectivity index (χ1n) is 8.63. The molecule has 0 atom stereocenters. The summed E-state index contributed by atoms with van der Waals surface area (Å²) in [6, 6.07) is 10.6. The van der Waals surface area contributed by atoms with E-state index >= 15 is 0 Å². The minimum atomic E-state index is -0.533. The smallest absolute Gasteiger partial charge is 0.291 e. The number of amides is 2. The van der Waals surface area contributed by atoms with Gasteiger partial charge in [0.05, 0.1) is 11.7 Å². The second-order valence-electron chi connectivity index (χ2n) is 6.41. The highest BCUT2D eigenvalue weighted by Crippen LogP contribution is 2.29. The van der Waals surface area contributed by atoms with Gasteiger partial charge in [-0.2, -0.15) is 0 Å². The molecule has 2 aromatic rings. The summed E-state index contributed by atoms with van der Waals surface area (Å²) in [6.07, 6.45) is 2.74. The van der Waals surface area contributed by atoms with Gasteiger partial charge < -0.3 is 25.5 Å². The SMILES string of the molecule is NCC1(C(=O)NCc2ccc(NC(=O)c3ccco3)cc2)CCOCC1. The van der Waals surface area contributed by atoms with Crippen LogP contribution in [0.2, 0.25) is 0 Å². The second kappa shape index (κ2) is 8.16. The maximum absolute atomic E-state index is 12.6. The topological polar surface area (TPSA) is 107 Å². The normalized spacial score (nSPS) is 16.0. The molecule has 1 fully saturated rings. The van der Waals surface area contributed by atoms with Crippen molar-refractivity contribution in [2.24, 2.45) is 11.1 Å². The van der Waals surface area contributed by atoms with Crippen molar-refractivity contribution in [3.05, 3.63) is 54.0 Å². The number of nitrogens with two attached hydrogens (primary N) is 1. The Kier molecular flexibility index (Phi) is 5.70. The highest BCUT2D eigenvalue weighted by molar-refractivity contribution is 6.02. The summed E-state index contributed by atoms with van der Waals surface area (Å²) in [7, 11) is 0. The van der Waals surface area contributed by atoms with Crippen molar-refractivity contribution in [2.45, 2.75) is 19.4 Å². The number of furan rings is 1. The molecule has 1 aromatic carbocycles. The first kappa shape index (κ1) is 18.2. The van der Waals surface area contributed by atoms with E-state index in [0.29, 0.717) is 44.8 Å². The monoisotopic (exact) mass is 357 g/mol. The Bertz CT molecular complexity index is 735. The van der Waals surface area contributed by atoms with Crippen LogP contribution in [0.1, 0.15) is 29.0 Å². The van der Waals surface area contributed by atoms with Crippen LogP contribution in [0, 0.1) is 5.41 Å². The molecule has 2 amide bonds. The first-order valence-corrected chi connectivity index (χ1v) is 8.63. The fraction of sp³-hybridized carbons (Fsp3) is 0.368. The van der Waals surface area contributed by atoms with E-state index in [0.717, 1.165) is 5.56 Å². The number of carbonyl (C=O) groups is 2. The zero-order chi connectivity index (χ0) is 18.4. The highest BCUT2D eigenvalue weighted by Gasteiger charge is 2.38. The van der Waals surface area contributed by atoms with Crippen LogP contribution in [0.15, 0.2) is 47.1 Å². The van der Waals surface area contributed by atoms with Crippen LogP contribution in [-0.4, -0.2) is 31.6 Å². The van der Waals surface area contributed by atoms with Gasteiger partial charge in [-0.1, -0.05) is 12.1 Å². The van der Waals surface area contributed by atoms with Gasteiger partial charge >= 0.3 is 0 Å². The third-order valence-electron chi connectivity index (χ3n) is 4.73. The molecule has 0 unspecified atom stereocenters. The van der Waals surface area contributed by atoms with Crippen molar-refractivity contribution in [1.82, 2.24) is 5.32 Å². The number of anilines is 1. The van der Waals surface area contributed by atoms with Crippen LogP contribution in [0.3, 0.4) is 0 Å². The minimum absolute atomic E-state index is 0.0292. The van der Waals surface area contributed by atoms with Crippen LogP contribution in [0.25, 0.3) is 0 Å². The maximum atomic E-state index is 12.6. The summed E-state index contributed by atoms with van der Waals surface area (Å²) < 4.78 is 10.4. The van der Waals surface area contributed by atoms with Crippen LogP contribution in [0.4, 0.5) is 5.69 Å². The fourth-order valence-electron chi connectivity index (χ4n) is 2.96. The average Bonchev–Trinajstić information content (AvgIpc) is 3.22. The van der Waals surface area contributed by atoms with E-state index in [4.69, 9.17) is 14.9 Å². The number of hydrogen-bond donors (Lipinski definition) is 3. The lowest BCUT2D eigenvalue weighted by Gasteiger charge is -2.34. The molecule has 7 heteroatoms. The average molecular weight is 357 g/mol. The molecular weight excluding hydrogens is 334 g/mol. The van der Waals surface area contributed by atoms with Gasteiger partial charge in [-0.25, -0.2) is 0 Å². The predicted octanol–water partition coefficient (Wildman–Crippen LogP) is 1.90. The Hall–Kier alpha value is -2.64.